The number of rotatable bonds is 21. The number of hydrogen-bond donors (Lipinski definition) is 7. The number of pyridine rings is 1. The van der Waals surface area contributed by atoms with Crippen molar-refractivity contribution in [2.75, 3.05) is 44.8 Å². The van der Waals surface area contributed by atoms with Crippen LogP contribution in [0.2, 0.25) is 0 Å². The van der Waals surface area contributed by atoms with E-state index in [1.807, 2.05) is 77.2 Å². The summed E-state index contributed by atoms with van der Waals surface area (Å²) < 4.78 is 16.2. The van der Waals surface area contributed by atoms with Crippen LogP contribution >= 0.6 is 0 Å². The number of nitrogen functional groups attached to an aromatic ring is 1. The van der Waals surface area contributed by atoms with Gasteiger partial charge in [0.15, 0.2) is 0 Å². The van der Waals surface area contributed by atoms with Gasteiger partial charge in [-0.25, -0.2) is 9.37 Å². The van der Waals surface area contributed by atoms with E-state index < -0.39 is 29.6 Å². The van der Waals surface area contributed by atoms with E-state index in [1.54, 1.807) is 42.9 Å². The first-order chi connectivity index (χ1) is 36.8. The van der Waals surface area contributed by atoms with Gasteiger partial charge >= 0.3 is 0 Å². The molecule has 4 aromatic rings. The lowest BCUT2D eigenvalue weighted by molar-refractivity contribution is -0.144. The Labute approximate surface area is 454 Å². The van der Waals surface area contributed by atoms with Gasteiger partial charge in [0.2, 0.25) is 29.5 Å². The molecule has 6 amide bonds. The zero-order valence-electron chi connectivity index (χ0n) is 46.5. The average molecular weight is 1060 g/mol. The van der Waals surface area contributed by atoms with E-state index in [-0.39, 0.29) is 72.7 Å². The van der Waals surface area contributed by atoms with Gasteiger partial charge in [-0.3, -0.25) is 33.4 Å². The Morgan fingerprint density at radius 3 is 2.32 bits per heavy atom. The quantitative estimate of drug-likeness (QED) is 0.0421. The van der Waals surface area contributed by atoms with Crippen molar-refractivity contribution in [2.24, 2.45) is 5.41 Å². The van der Waals surface area contributed by atoms with E-state index in [1.165, 1.54) is 17.0 Å². The molecule has 4 heterocycles. The van der Waals surface area contributed by atoms with Crippen molar-refractivity contribution in [3.05, 3.63) is 95.2 Å². The number of hydrogen-bond acceptors (Lipinski definition) is 11. The Morgan fingerprint density at radius 1 is 0.935 bits per heavy atom. The van der Waals surface area contributed by atoms with Crippen LogP contribution in [-0.2, 0) is 37.1 Å². The van der Waals surface area contributed by atoms with Crippen LogP contribution in [-0.4, -0.2) is 118 Å². The van der Waals surface area contributed by atoms with E-state index >= 15 is 0 Å². The number of halogens is 1. The van der Waals surface area contributed by atoms with Crippen LogP contribution in [0, 0.1) is 11.2 Å². The van der Waals surface area contributed by atoms with E-state index in [0.29, 0.717) is 73.6 Å². The van der Waals surface area contributed by atoms with Crippen LogP contribution in [0.25, 0.3) is 11.1 Å². The zero-order chi connectivity index (χ0) is 55.8. The molecule has 418 valence electrons. The first kappa shape index (κ1) is 59.4. The van der Waals surface area contributed by atoms with Gasteiger partial charge in [-0.05, 0) is 99.2 Å². The number of benzene rings is 2. The van der Waals surface area contributed by atoms with Gasteiger partial charge in [-0.2, -0.15) is 5.10 Å². The van der Waals surface area contributed by atoms with Crippen LogP contribution in [0.15, 0.2) is 67.0 Å². The molecule has 6 atom stereocenters. The van der Waals surface area contributed by atoms with E-state index in [4.69, 9.17) is 10.8 Å². The Balaban J connectivity index is 0.952. The molecule has 0 saturated carbocycles. The monoisotopic (exact) mass is 1060 g/mol. The topological polar surface area (TPSA) is 238 Å². The summed E-state index contributed by atoms with van der Waals surface area (Å²) in [7, 11) is 3.38. The number of aromatic nitrogens is 3. The summed E-state index contributed by atoms with van der Waals surface area (Å²) in [6.45, 7) is 13.0. The predicted octanol–water partition coefficient (Wildman–Crippen LogP) is 6.98. The number of carbonyl (C=O) groups excluding carboxylic acids is 6. The van der Waals surface area contributed by atoms with Crippen molar-refractivity contribution in [3.63, 3.8) is 0 Å². The Hall–Kier alpha value is -6.89. The molecule has 2 aliphatic rings. The van der Waals surface area contributed by atoms with Crippen LogP contribution in [0.3, 0.4) is 0 Å². The fourth-order valence-electron chi connectivity index (χ4n) is 10.1. The largest absolute Gasteiger partial charge is 0.382 e. The third-order valence-electron chi connectivity index (χ3n) is 14.8. The van der Waals surface area contributed by atoms with Crippen molar-refractivity contribution < 1.29 is 33.2 Å². The molecule has 2 aromatic carbocycles. The number of nitrogens with zero attached hydrogens (tertiary/aromatic N) is 5. The number of amides is 6. The number of likely N-dealkylation sites (N-methyl/N-ethyl adjacent to an activating group) is 1. The smallest absolute Gasteiger partial charge is 0.254 e. The number of carbonyl (C=O) groups is 6. The van der Waals surface area contributed by atoms with E-state index in [0.717, 1.165) is 61.6 Å². The summed E-state index contributed by atoms with van der Waals surface area (Å²) in [5, 5.41) is 23.4. The van der Waals surface area contributed by atoms with Crippen molar-refractivity contribution >= 4 is 46.9 Å². The Morgan fingerprint density at radius 2 is 1.64 bits per heavy atom. The molecule has 2 aromatic heterocycles. The molecular weight excluding hydrogens is 980 g/mol. The molecule has 0 aliphatic carbocycles. The van der Waals surface area contributed by atoms with Crippen LogP contribution in [0.1, 0.15) is 158 Å². The summed E-state index contributed by atoms with van der Waals surface area (Å²) in [4.78, 5) is 89.2. The molecule has 18 nitrogen and oxygen atoms in total. The summed E-state index contributed by atoms with van der Waals surface area (Å²) in [6, 6.07) is 12.9. The molecule has 2 aliphatic heterocycles. The molecule has 0 spiro atoms. The molecule has 0 radical (unpaired) electrons. The summed E-state index contributed by atoms with van der Waals surface area (Å²) >= 11 is 0. The molecule has 19 heteroatoms. The highest BCUT2D eigenvalue weighted by molar-refractivity contribution is 5.96. The third kappa shape index (κ3) is 16.6. The normalized spacial score (nSPS) is 18.1. The molecule has 1 saturated heterocycles. The lowest BCUT2D eigenvalue weighted by atomic mass is 9.85. The number of nitrogens with one attached hydrogen (secondary N) is 6. The van der Waals surface area contributed by atoms with Crippen molar-refractivity contribution in [1.82, 2.24) is 51.1 Å². The molecular formula is C58H83FN12O6. The van der Waals surface area contributed by atoms with Gasteiger partial charge in [0.25, 0.3) is 5.91 Å². The van der Waals surface area contributed by atoms with Gasteiger partial charge in [-0.15, -0.1) is 0 Å². The van der Waals surface area contributed by atoms with Crippen LogP contribution in [0.5, 0.6) is 0 Å². The highest BCUT2D eigenvalue weighted by Crippen LogP contribution is 2.32. The number of fused-ring (bicyclic) bond motifs is 5. The standard InChI is InChI=1S/C58H83FN12O6/c1-9-46(39-21-15-14-16-22-39)66-55(75)49-32-42(34-71(49)57(77)52(58(4,5)6)67-54(74)38(3)61-7)65-51(73)24-18-13-11-10-12-17-23-50(72)63-28-29-70-35-45-40-30-47(53(60)64-33-40)62-27-19-20-37(2)44-31-41(59)25-26-43(44)56(76)69(8)36-48(45)68-70/h14-16,21-22,25-26,30-31,33,35,37-38,42,46,49,52,61-62H,9-13,17-20,23-24,27-29,32,34,36H2,1-8H3,(H2,60,64)(H,63,72)(H,65,73)(H,66,75)(H,67,74)/t37-,38-,42-,46+,49-,52+/m1/s1. The highest BCUT2D eigenvalue weighted by Gasteiger charge is 2.46. The predicted molar refractivity (Wildman–Crippen MR) is 298 cm³/mol. The second kappa shape index (κ2) is 27.9. The second-order valence-corrected chi connectivity index (χ2v) is 21.9. The third-order valence-corrected chi connectivity index (χ3v) is 14.8. The van der Waals surface area contributed by atoms with Gasteiger partial charge in [0, 0.05) is 74.6 Å². The fourth-order valence-corrected chi connectivity index (χ4v) is 10.1. The minimum atomic E-state index is -0.911. The fraction of sp³-hybridized carbons (Fsp3) is 0.552. The van der Waals surface area contributed by atoms with Gasteiger partial charge in [-0.1, -0.05) is 90.6 Å². The van der Waals surface area contributed by atoms with Gasteiger partial charge < -0.3 is 47.4 Å². The number of likely N-dealkylation sites (tertiary alicyclic amines) is 1. The summed E-state index contributed by atoms with van der Waals surface area (Å²) in [5.41, 5.74) is 10.6. The number of unbranched alkanes of at least 4 members (excludes halogenated alkanes) is 5. The van der Waals surface area contributed by atoms with Crippen LogP contribution in [0.4, 0.5) is 15.9 Å². The summed E-state index contributed by atoms with van der Waals surface area (Å²) in [6.07, 6.45) is 11.6. The Bertz CT molecular complexity index is 2660. The van der Waals surface area contributed by atoms with Crippen molar-refractivity contribution in [1.29, 1.82) is 0 Å². The maximum absolute atomic E-state index is 14.5. The molecule has 0 unspecified atom stereocenters. The first-order valence-electron chi connectivity index (χ1n) is 27.6. The molecule has 2 bridgehead atoms. The lowest BCUT2D eigenvalue weighted by Crippen LogP contribution is -2.59. The Kier molecular flexibility index (Phi) is 21.5. The minimum absolute atomic E-state index is 0.0563. The molecule has 6 rings (SSSR count). The van der Waals surface area contributed by atoms with Gasteiger partial charge in [0.1, 0.15) is 23.7 Å². The minimum Gasteiger partial charge on any atom is -0.382 e. The lowest BCUT2D eigenvalue weighted by Gasteiger charge is -2.36. The van der Waals surface area contributed by atoms with E-state index in [9.17, 15) is 33.2 Å². The van der Waals surface area contributed by atoms with E-state index in [2.05, 4.69) is 36.9 Å². The molecule has 77 heavy (non-hydrogen) atoms. The van der Waals surface area contributed by atoms with Crippen LogP contribution < -0.4 is 37.6 Å². The average Bonchev–Trinajstić information content (AvgIpc) is 4.03. The first-order valence-corrected chi connectivity index (χ1v) is 27.6. The maximum atomic E-state index is 14.5. The maximum Gasteiger partial charge on any atom is 0.254 e. The highest BCUT2D eigenvalue weighted by atomic mass is 19.1. The van der Waals surface area contributed by atoms with Gasteiger partial charge in [0.05, 0.1) is 36.6 Å². The SMILES string of the molecule is CC[C@H](NC(=O)[C@H]1C[C@@H](NC(=O)CCCCCCCCC(=O)NCCn2cc3c(n2)CN(C)C(=O)c2ccc(F)cc2[C@H](C)CCCNc2cc-3cnc2N)CN1C(=O)[C@H](NC(=O)[C@@H](C)NC)C(C)(C)C)c1ccccc1. The number of anilines is 2. The summed E-state index contributed by atoms with van der Waals surface area (Å²) in [5.74, 6) is -1.51. The number of nitrogens with two attached hydrogens (primary N) is 1. The van der Waals surface area contributed by atoms with Crippen molar-refractivity contribution in [2.45, 2.75) is 168 Å². The molecule has 8 N–H and O–H groups in total. The zero-order valence-corrected chi connectivity index (χ0v) is 46.5. The van der Waals surface area contributed by atoms with Crippen molar-refractivity contribution in [3.8, 4) is 11.1 Å². The molecule has 1 fully saturated rings. The second-order valence-electron chi connectivity index (χ2n) is 21.9.